The van der Waals surface area contributed by atoms with Gasteiger partial charge in [-0.1, -0.05) is 107 Å². The largest absolute Gasteiger partial charge is 0.297 e. The molecule has 1 unspecified atom stereocenters. The number of aryl methyl sites for hydroxylation is 1. The van der Waals surface area contributed by atoms with Crippen LogP contribution in [0.4, 0.5) is 0 Å². The average Bonchev–Trinajstić information content (AvgIpc) is 2.80. The third kappa shape index (κ3) is 9.25. The number of carbonyl (C=O) groups is 1. The van der Waals surface area contributed by atoms with Crippen LogP contribution in [0.5, 0.6) is 0 Å². The van der Waals surface area contributed by atoms with Gasteiger partial charge in [0.1, 0.15) is 6.10 Å². The molecule has 0 aliphatic carbocycles. The van der Waals surface area contributed by atoms with Crippen LogP contribution in [0.2, 0.25) is 0 Å². The number of hydrogen-bond acceptors (Lipinski definition) is 4. The fourth-order valence-corrected chi connectivity index (χ4v) is 4.81. The lowest BCUT2D eigenvalue weighted by Crippen LogP contribution is -2.24. The maximum Gasteiger partial charge on any atom is 0.297 e. The smallest absolute Gasteiger partial charge is 0.291 e. The van der Waals surface area contributed by atoms with E-state index in [-0.39, 0.29) is 10.7 Å². The molecule has 0 heterocycles. The Morgan fingerprint density at radius 1 is 0.781 bits per heavy atom. The Kier molecular flexibility index (Phi) is 11.7. The van der Waals surface area contributed by atoms with Gasteiger partial charge in [-0.25, -0.2) is 0 Å². The maximum absolute atomic E-state index is 12.6. The molecule has 0 radical (unpaired) electrons. The minimum absolute atomic E-state index is 0.0806. The van der Waals surface area contributed by atoms with E-state index < -0.39 is 16.2 Å². The lowest BCUT2D eigenvalue weighted by molar-refractivity contribution is 0.0826. The molecule has 32 heavy (non-hydrogen) atoms. The van der Waals surface area contributed by atoms with Gasteiger partial charge in [0.05, 0.1) is 4.90 Å². The SMILES string of the molecule is CCCCCCCCCCCCc1ccc(S(=O)(=O)OC(C)C(=O)c2ccccc2)cc1. The third-order valence-electron chi connectivity index (χ3n) is 5.73. The van der Waals surface area contributed by atoms with E-state index in [9.17, 15) is 13.2 Å². The molecule has 4 nitrogen and oxygen atoms in total. The first-order valence-corrected chi connectivity index (χ1v) is 13.5. The second kappa shape index (κ2) is 14.2. The van der Waals surface area contributed by atoms with Crippen molar-refractivity contribution in [1.29, 1.82) is 0 Å². The maximum atomic E-state index is 12.6. The number of rotatable bonds is 16. The minimum atomic E-state index is -3.99. The van der Waals surface area contributed by atoms with Crippen LogP contribution >= 0.6 is 0 Å². The second-order valence-corrected chi connectivity index (χ2v) is 10.1. The van der Waals surface area contributed by atoms with Gasteiger partial charge in [-0.2, -0.15) is 8.42 Å². The number of ketones is 1. The molecule has 176 valence electrons. The Bertz CT molecular complexity index is 889. The molecule has 2 aromatic rings. The predicted octanol–water partition coefficient (Wildman–Crippen LogP) is 7.13. The molecule has 0 aromatic heterocycles. The van der Waals surface area contributed by atoms with Crippen molar-refractivity contribution in [2.24, 2.45) is 0 Å². The summed E-state index contributed by atoms with van der Waals surface area (Å²) in [7, 11) is -3.99. The van der Waals surface area contributed by atoms with Crippen molar-refractivity contribution in [2.75, 3.05) is 0 Å². The molecule has 0 bridgehead atoms. The summed E-state index contributed by atoms with van der Waals surface area (Å²) < 4.78 is 30.3. The summed E-state index contributed by atoms with van der Waals surface area (Å²) in [5.41, 5.74) is 1.55. The minimum Gasteiger partial charge on any atom is -0.291 e. The molecule has 1 atom stereocenters. The Morgan fingerprint density at radius 2 is 1.31 bits per heavy atom. The number of hydrogen-bond donors (Lipinski definition) is 0. The standard InChI is InChI=1S/C27H38O4S/c1-3-4-5-6-7-8-9-10-11-13-16-24-19-21-26(22-20-24)32(29,30)31-23(2)27(28)25-17-14-12-15-18-25/h12,14-15,17-23H,3-11,13,16H2,1-2H3. The third-order valence-corrected chi connectivity index (χ3v) is 7.12. The zero-order valence-electron chi connectivity index (χ0n) is 19.6. The molecular formula is C27H38O4S. The number of benzene rings is 2. The molecule has 2 rings (SSSR count). The zero-order valence-corrected chi connectivity index (χ0v) is 20.4. The highest BCUT2D eigenvalue weighted by Crippen LogP contribution is 2.19. The lowest BCUT2D eigenvalue weighted by atomic mass is 10.0. The average molecular weight is 459 g/mol. The predicted molar refractivity (Wildman–Crippen MR) is 130 cm³/mol. The highest BCUT2D eigenvalue weighted by Gasteiger charge is 2.24. The topological polar surface area (TPSA) is 60.4 Å². The molecule has 5 heteroatoms. The van der Waals surface area contributed by atoms with Crippen molar-refractivity contribution in [1.82, 2.24) is 0 Å². The Labute approximate surface area is 194 Å². The first kappa shape index (κ1) is 26.3. The summed E-state index contributed by atoms with van der Waals surface area (Å²) in [4.78, 5) is 12.5. The van der Waals surface area contributed by atoms with Gasteiger partial charge < -0.3 is 0 Å². The summed E-state index contributed by atoms with van der Waals surface area (Å²) in [6.07, 6.45) is 12.8. The molecule has 0 aliphatic rings. The monoisotopic (exact) mass is 458 g/mol. The van der Waals surface area contributed by atoms with Crippen molar-refractivity contribution in [3.63, 3.8) is 0 Å². The van der Waals surface area contributed by atoms with Crippen molar-refractivity contribution < 1.29 is 17.4 Å². The summed E-state index contributed by atoms with van der Waals surface area (Å²) in [6.45, 7) is 3.71. The van der Waals surface area contributed by atoms with E-state index in [0.29, 0.717) is 5.56 Å². The zero-order chi connectivity index (χ0) is 23.2. The van der Waals surface area contributed by atoms with Gasteiger partial charge in [0.15, 0.2) is 5.78 Å². The molecule has 0 amide bonds. The number of carbonyl (C=O) groups excluding carboxylic acids is 1. The normalized spacial score (nSPS) is 12.6. The van der Waals surface area contributed by atoms with Gasteiger partial charge in [0.2, 0.25) is 0 Å². The van der Waals surface area contributed by atoms with Crippen LogP contribution in [-0.4, -0.2) is 20.3 Å². The fourth-order valence-electron chi connectivity index (χ4n) is 3.77. The number of Topliss-reactive ketones (excluding diaryl/α,β-unsaturated/α-hetero) is 1. The summed E-state index contributed by atoms with van der Waals surface area (Å²) >= 11 is 0. The lowest BCUT2D eigenvalue weighted by Gasteiger charge is -2.12. The van der Waals surface area contributed by atoms with E-state index in [2.05, 4.69) is 6.92 Å². The van der Waals surface area contributed by atoms with Gasteiger partial charge in [0, 0.05) is 5.56 Å². The Hall–Kier alpha value is -1.98. The van der Waals surface area contributed by atoms with Crippen LogP contribution in [0, 0.1) is 0 Å². The van der Waals surface area contributed by atoms with Crippen molar-refractivity contribution in [3.05, 3.63) is 65.7 Å². The summed E-state index contributed by atoms with van der Waals surface area (Å²) in [6, 6.07) is 15.4. The fraction of sp³-hybridized carbons (Fsp3) is 0.519. The number of unbranched alkanes of at least 4 members (excludes halogenated alkanes) is 9. The van der Waals surface area contributed by atoms with Crippen LogP contribution < -0.4 is 0 Å². The molecule has 0 aliphatic heterocycles. The van der Waals surface area contributed by atoms with E-state index >= 15 is 0 Å². The summed E-state index contributed by atoms with van der Waals surface area (Å²) in [5, 5.41) is 0. The quantitative estimate of drug-likeness (QED) is 0.152. The molecule has 0 spiro atoms. The van der Waals surface area contributed by atoms with Gasteiger partial charge in [-0.05, 0) is 37.5 Å². The molecular weight excluding hydrogens is 420 g/mol. The van der Waals surface area contributed by atoms with E-state index in [1.54, 1.807) is 42.5 Å². The van der Waals surface area contributed by atoms with Crippen molar-refractivity contribution in [2.45, 2.75) is 95.5 Å². The van der Waals surface area contributed by atoms with E-state index in [4.69, 9.17) is 4.18 Å². The first-order chi connectivity index (χ1) is 15.4. The van der Waals surface area contributed by atoms with E-state index in [1.807, 2.05) is 12.1 Å². The van der Waals surface area contributed by atoms with Crippen LogP contribution in [-0.2, 0) is 20.7 Å². The molecule has 0 saturated carbocycles. The van der Waals surface area contributed by atoms with Crippen molar-refractivity contribution in [3.8, 4) is 0 Å². The second-order valence-electron chi connectivity index (χ2n) is 8.50. The van der Waals surface area contributed by atoms with Crippen LogP contribution in [0.3, 0.4) is 0 Å². The van der Waals surface area contributed by atoms with Crippen molar-refractivity contribution >= 4 is 15.9 Å². The van der Waals surface area contributed by atoms with E-state index in [1.165, 1.54) is 64.7 Å². The Morgan fingerprint density at radius 3 is 1.88 bits per heavy atom. The van der Waals surface area contributed by atoms with Gasteiger partial charge >= 0.3 is 0 Å². The first-order valence-electron chi connectivity index (χ1n) is 12.1. The highest BCUT2D eigenvalue weighted by atomic mass is 32.2. The van der Waals surface area contributed by atoms with E-state index in [0.717, 1.165) is 18.4 Å². The van der Waals surface area contributed by atoms with Crippen LogP contribution in [0.15, 0.2) is 59.5 Å². The van der Waals surface area contributed by atoms with Gasteiger partial charge in [-0.15, -0.1) is 0 Å². The molecule has 0 saturated heterocycles. The summed E-state index contributed by atoms with van der Waals surface area (Å²) in [5.74, 6) is -0.355. The molecule has 0 fully saturated rings. The molecule has 0 N–H and O–H groups in total. The van der Waals surface area contributed by atoms with Crippen LogP contribution in [0.25, 0.3) is 0 Å². The Balaban J connectivity index is 1.72. The molecule has 2 aromatic carbocycles. The van der Waals surface area contributed by atoms with Gasteiger partial charge in [-0.3, -0.25) is 8.98 Å². The van der Waals surface area contributed by atoms with Crippen LogP contribution in [0.1, 0.15) is 94.0 Å². The van der Waals surface area contributed by atoms with Gasteiger partial charge in [0.25, 0.3) is 10.1 Å². The highest BCUT2D eigenvalue weighted by molar-refractivity contribution is 7.86.